The molecule has 424 valence electrons. The van der Waals surface area contributed by atoms with E-state index in [9.17, 15) is 52.7 Å². The molecule has 0 radical (unpaired) electrons. The molecule has 0 aliphatic carbocycles. The van der Waals surface area contributed by atoms with Crippen LogP contribution in [-0.4, -0.2) is 39.7 Å². The molecule has 78 heavy (non-hydrogen) atoms. The van der Waals surface area contributed by atoms with Crippen LogP contribution >= 0.6 is 0 Å². The zero-order valence-electron chi connectivity index (χ0n) is 37.3. The molecular formula is C45H20BF28IO3. The van der Waals surface area contributed by atoms with E-state index in [1.54, 1.807) is 7.11 Å². The Kier molecular flexibility index (Phi) is 18.7. The normalized spacial score (nSPS) is 12.5. The highest BCUT2D eigenvalue weighted by molar-refractivity contribution is 7.20. The second kappa shape index (κ2) is 23.3. The van der Waals surface area contributed by atoms with E-state index in [1.807, 2.05) is 12.1 Å². The van der Waals surface area contributed by atoms with Crippen LogP contribution in [0.1, 0.15) is 22.3 Å². The first-order chi connectivity index (χ1) is 35.9. The van der Waals surface area contributed by atoms with E-state index < -0.39 is 168 Å². The topological polar surface area (TPSA) is 27.7 Å². The van der Waals surface area contributed by atoms with Crippen LogP contribution in [0.3, 0.4) is 0 Å². The molecule has 6 aromatic rings. The Morgan fingerprint density at radius 3 is 0.846 bits per heavy atom. The average Bonchev–Trinajstić information content (AvgIpc) is 3.32. The summed E-state index contributed by atoms with van der Waals surface area (Å²) in [5.41, 5.74) is -33.4. The van der Waals surface area contributed by atoms with Gasteiger partial charge < -0.3 is 14.2 Å². The van der Waals surface area contributed by atoms with Crippen molar-refractivity contribution < 1.29 is 158 Å². The minimum Gasteiger partial charge on any atom is -0.491 e. The molecule has 0 N–H and O–H groups in total. The molecule has 0 aliphatic heterocycles. The quantitative estimate of drug-likeness (QED) is 0.0380. The maximum absolute atomic E-state index is 15.9. The van der Waals surface area contributed by atoms with E-state index in [-0.39, 0.29) is 21.2 Å². The maximum Gasteiger partial charge on any atom is 0.422 e. The van der Waals surface area contributed by atoms with Gasteiger partial charge in [0.05, 0.1) is 19.8 Å². The van der Waals surface area contributed by atoms with Crippen LogP contribution in [0.15, 0.2) is 54.6 Å². The van der Waals surface area contributed by atoms with E-state index in [0.29, 0.717) is 26.4 Å². The molecule has 0 saturated carbocycles. The zero-order valence-corrected chi connectivity index (χ0v) is 39.4. The van der Waals surface area contributed by atoms with Crippen molar-refractivity contribution in [2.45, 2.75) is 24.7 Å². The summed E-state index contributed by atoms with van der Waals surface area (Å²) >= 11 is -0.102. The van der Waals surface area contributed by atoms with Crippen LogP contribution in [0.4, 0.5) is 123 Å². The lowest BCUT2D eigenvalue weighted by atomic mass is 9.12. The van der Waals surface area contributed by atoms with Gasteiger partial charge in [-0.3, -0.25) is 0 Å². The van der Waals surface area contributed by atoms with Gasteiger partial charge in [-0.1, -0.05) is 18.2 Å². The summed E-state index contributed by atoms with van der Waals surface area (Å²) in [6.45, 7) is 2.39. The molecular weight excluding hydrogens is 1260 g/mol. The number of rotatable bonds is 13. The van der Waals surface area contributed by atoms with Gasteiger partial charge in [-0.15, -0.1) is 21.9 Å². The Bertz CT molecular complexity index is 2760. The number of ether oxygens (including phenoxy) is 3. The fourth-order valence-corrected chi connectivity index (χ4v) is 9.85. The van der Waals surface area contributed by atoms with Crippen LogP contribution in [0, 0.1) is 100 Å². The Morgan fingerprint density at radius 2 is 0.590 bits per heavy atom. The summed E-state index contributed by atoms with van der Waals surface area (Å²) in [5.74, 6) is -69.0. The number of hydrogen-bond acceptors (Lipinski definition) is 3. The van der Waals surface area contributed by atoms with Gasteiger partial charge in [-0.2, -0.15) is 52.7 Å². The van der Waals surface area contributed by atoms with Crippen molar-refractivity contribution in [1.82, 2.24) is 0 Å². The summed E-state index contributed by atoms with van der Waals surface area (Å²) in [4.78, 5) is 0. The lowest BCUT2D eigenvalue weighted by Gasteiger charge is -2.45. The SMILES string of the molecule is COCCOCCOc1ccc([I+]c2ccccc2)cc1.Fc1c(F)c(C(F)(F)F)c(F)c(F)c1[B-](c1c(F)c(F)c(C(F)(F)F)c(F)c1F)(c1c(F)c(F)c(C(F)(F)F)c(F)c1F)c1c(F)c(F)c(C(F)(F)F)c(F)c1F. The highest BCUT2D eigenvalue weighted by Crippen LogP contribution is 2.42. The van der Waals surface area contributed by atoms with Crippen molar-refractivity contribution in [3.63, 3.8) is 0 Å². The Balaban J connectivity index is 0.000000443. The van der Waals surface area contributed by atoms with Crippen LogP contribution in [0.2, 0.25) is 0 Å². The number of halogens is 29. The molecule has 0 unspecified atom stereocenters. The second-order valence-corrected chi connectivity index (χ2v) is 18.4. The van der Waals surface area contributed by atoms with Gasteiger partial charge in [0.15, 0.2) is 53.7 Å². The lowest BCUT2D eigenvalue weighted by molar-refractivity contribution is -0.597. The highest BCUT2D eigenvalue weighted by atomic mass is 127. The number of hydrogen-bond donors (Lipinski definition) is 0. The van der Waals surface area contributed by atoms with Crippen molar-refractivity contribution in [2.24, 2.45) is 0 Å². The van der Waals surface area contributed by atoms with Crippen molar-refractivity contribution in [2.75, 3.05) is 33.5 Å². The van der Waals surface area contributed by atoms with Crippen molar-refractivity contribution >= 4 is 28.0 Å². The molecule has 33 heteroatoms. The van der Waals surface area contributed by atoms with Crippen LogP contribution in [0.5, 0.6) is 5.75 Å². The Hall–Kier alpha value is -6.13. The summed E-state index contributed by atoms with van der Waals surface area (Å²) in [7, 11) is 1.67. The average molecular weight is 1280 g/mol. The largest absolute Gasteiger partial charge is 0.491 e. The Labute approximate surface area is 426 Å². The molecule has 0 amide bonds. The third kappa shape index (κ3) is 11.8. The molecule has 0 atom stereocenters. The first-order valence-corrected chi connectivity index (χ1v) is 22.5. The van der Waals surface area contributed by atoms with Gasteiger partial charge >= 0.3 is 45.9 Å². The predicted molar refractivity (Wildman–Crippen MR) is 208 cm³/mol. The van der Waals surface area contributed by atoms with E-state index in [4.69, 9.17) is 14.2 Å². The molecule has 0 aromatic heterocycles. The van der Waals surface area contributed by atoms with Gasteiger partial charge in [0.2, 0.25) is 0 Å². The predicted octanol–water partition coefficient (Wildman–Crippen LogP) is 9.22. The van der Waals surface area contributed by atoms with Crippen LogP contribution < -0.4 is 47.8 Å². The lowest BCUT2D eigenvalue weighted by Crippen LogP contribution is -3.61. The van der Waals surface area contributed by atoms with E-state index in [0.717, 1.165) is 5.75 Å². The molecule has 6 aromatic carbocycles. The molecule has 0 fully saturated rings. The molecule has 0 bridgehead atoms. The fraction of sp³-hybridized carbons (Fsp3) is 0.200. The number of alkyl halides is 12. The van der Waals surface area contributed by atoms with Gasteiger partial charge in [-0.05, 0) is 36.4 Å². The van der Waals surface area contributed by atoms with Gasteiger partial charge in [0.25, 0.3) is 0 Å². The number of benzene rings is 6. The first-order valence-electron chi connectivity index (χ1n) is 20.3. The van der Waals surface area contributed by atoms with Gasteiger partial charge in [-0.25, -0.2) is 70.2 Å². The van der Waals surface area contributed by atoms with Gasteiger partial charge in [0.1, 0.15) is 87.3 Å². The second-order valence-electron chi connectivity index (χ2n) is 15.3. The van der Waals surface area contributed by atoms with Crippen LogP contribution in [0.25, 0.3) is 0 Å². The van der Waals surface area contributed by atoms with Crippen molar-refractivity contribution in [3.8, 4) is 5.75 Å². The number of methoxy groups -OCH3 is 1. The maximum atomic E-state index is 15.9. The molecule has 0 saturated heterocycles. The fourth-order valence-electron chi connectivity index (χ4n) is 7.64. The highest BCUT2D eigenvalue weighted by Gasteiger charge is 2.56. The van der Waals surface area contributed by atoms with Crippen molar-refractivity contribution in [3.05, 3.63) is 177 Å². The third-order valence-electron chi connectivity index (χ3n) is 10.7. The summed E-state index contributed by atoms with van der Waals surface area (Å²) < 4.78 is 428. The first kappa shape index (κ1) is 62.7. The molecule has 3 nitrogen and oxygen atoms in total. The third-order valence-corrected chi connectivity index (χ3v) is 13.4. The van der Waals surface area contributed by atoms with Crippen molar-refractivity contribution in [1.29, 1.82) is 0 Å². The smallest absolute Gasteiger partial charge is 0.422 e. The molecule has 0 heterocycles. The standard InChI is InChI=1S/C28BF28.C17H20IO3/c30-9-1(25(46,47)48)10(31)18(39)5(17(9)38)29(6-19(40)11(32)2(26(49,50)51)12(33)20(6)41,7-21(42)13(34)3(27(52,53)54)14(35)22(7)43)8-23(44)15(36)4(28(55,56)57)16(37)24(8)45;1-19-11-12-20-13-14-21-17-9-7-16(8-10-17)18-15-5-3-2-4-6-15/h;2-10H,11-14H2,1H3/q-1;+1. The van der Waals surface area contributed by atoms with E-state index >= 15 is 70.2 Å². The summed E-state index contributed by atoms with van der Waals surface area (Å²) in [5, 5.41) is 0. The minimum atomic E-state index is -8.18. The van der Waals surface area contributed by atoms with Crippen LogP contribution in [-0.2, 0) is 34.2 Å². The molecule has 0 spiro atoms. The summed E-state index contributed by atoms with van der Waals surface area (Å²) in [6, 6.07) is 19.0. The minimum absolute atomic E-state index is 0.102. The Morgan fingerprint density at radius 1 is 0.333 bits per heavy atom. The van der Waals surface area contributed by atoms with E-state index in [1.165, 1.54) is 7.14 Å². The molecule has 6 rings (SSSR count). The zero-order chi connectivity index (χ0) is 59.1. The summed E-state index contributed by atoms with van der Waals surface area (Å²) in [6.07, 6.45) is -35.7. The monoisotopic (exact) mass is 1280 g/mol. The van der Waals surface area contributed by atoms with E-state index in [2.05, 4.69) is 42.5 Å². The van der Waals surface area contributed by atoms with Gasteiger partial charge in [0, 0.05) is 7.11 Å². The molecule has 0 aliphatic rings.